The molecule has 1 amide bonds. The molecule has 0 unspecified atom stereocenters. The minimum Gasteiger partial charge on any atom is -0.507 e. The topological polar surface area (TPSA) is 96.3 Å². The van der Waals surface area contributed by atoms with Crippen LogP contribution >= 0.6 is 0 Å². The van der Waals surface area contributed by atoms with Gasteiger partial charge in [-0.05, 0) is 42.0 Å². The Labute approximate surface area is 174 Å². The van der Waals surface area contributed by atoms with Gasteiger partial charge in [0.2, 0.25) is 0 Å². The van der Waals surface area contributed by atoms with Gasteiger partial charge >= 0.3 is 0 Å². The predicted octanol–water partition coefficient (Wildman–Crippen LogP) is 2.67. The molecule has 1 aliphatic heterocycles. The van der Waals surface area contributed by atoms with Gasteiger partial charge in [0, 0.05) is 12.1 Å². The van der Waals surface area contributed by atoms with Crippen LogP contribution in [0.4, 0.5) is 0 Å². The number of benzene rings is 2. The Morgan fingerprint density at radius 2 is 1.90 bits per heavy atom. The Kier molecular flexibility index (Phi) is 6.54. The molecule has 1 fully saturated rings. The van der Waals surface area contributed by atoms with Crippen LogP contribution in [-0.2, 0) is 9.59 Å². The van der Waals surface area contributed by atoms with E-state index in [1.54, 1.807) is 54.6 Å². The van der Waals surface area contributed by atoms with Crippen LogP contribution in [0.15, 0.2) is 66.8 Å². The number of amides is 1. The van der Waals surface area contributed by atoms with E-state index in [2.05, 4.69) is 6.58 Å². The molecule has 2 aromatic rings. The molecule has 0 aromatic heterocycles. The van der Waals surface area contributed by atoms with Crippen molar-refractivity contribution in [2.45, 2.75) is 6.04 Å². The quantitative estimate of drug-likeness (QED) is 0.301. The average molecular weight is 409 g/mol. The van der Waals surface area contributed by atoms with E-state index in [-0.39, 0.29) is 24.5 Å². The van der Waals surface area contributed by atoms with Crippen LogP contribution < -0.4 is 9.47 Å². The SMILES string of the molecule is C=CCOc1ccc(C(O)=C2C(=O)C(=O)N(CCO)[C@H]2c2cccc(OC)c2)cc1. The molecule has 0 saturated carbocycles. The number of methoxy groups -OCH3 is 1. The maximum atomic E-state index is 12.8. The molecule has 30 heavy (non-hydrogen) atoms. The van der Waals surface area contributed by atoms with E-state index in [9.17, 15) is 19.8 Å². The van der Waals surface area contributed by atoms with E-state index in [4.69, 9.17) is 9.47 Å². The molecule has 1 saturated heterocycles. The highest BCUT2D eigenvalue weighted by atomic mass is 16.5. The second kappa shape index (κ2) is 9.28. The Hall–Kier alpha value is -3.58. The van der Waals surface area contributed by atoms with Crippen molar-refractivity contribution in [3.05, 3.63) is 77.9 Å². The van der Waals surface area contributed by atoms with E-state index >= 15 is 0 Å². The van der Waals surface area contributed by atoms with Crippen molar-refractivity contribution in [3.63, 3.8) is 0 Å². The summed E-state index contributed by atoms with van der Waals surface area (Å²) in [7, 11) is 1.51. The molecule has 156 valence electrons. The summed E-state index contributed by atoms with van der Waals surface area (Å²) in [5.41, 5.74) is 0.923. The average Bonchev–Trinajstić information content (AvgIpc) is 3.03. The lowest BCUT2D eigenvalue weighted by Gasteiger charge is -2.24. The van der Waals surface area contributed by atoms with Gasteiger partial charge in [0.15, 0.2) is 0 Å². The monoisotopic (exact) mass is 409 g/mol. The highest BCUT2D eigenvalue weighted by Crippen LogP contribution is 2.40. The zero-order valence-corrected chi connectivity index (χ0v) is 16.6. The Morgan fingerprint density at radius 3 is 2.53 bits per heavy atom. The number of rotatable bonds is 8. The molecule has 1 aliphatic rings. The van der Waals surface area contributed by atoms with Crippen molar-refractivity contribution in [1.29, 1.82) is 0 Å². The smallest absolute Gasteiger partial charge is 0.295 e. The van der Waals surface area contributed by atoms with Crippen LogP contribution in [-0.4, -0.2) is 53.7 Å². The lowest BCUT2D eigenvalue weighted by molar-refractivity contribution is -0.140. The number of aliphatic hydroxyl groups excluding tert-OH is 2. The molecule has 0 aliphatic carbocycles. The van der Waals surface area contributed by atoms with Crippen molar-refractivity contribution in [2.24, 2.45) is 0 Å². The summed E-state index contributed by atoms with van der Waals surface area (Å²) in [6.45, 7) is 3.57. The Bertz CT molecular complexity index is 979. The number of Topliss-reactive ketones (excluding diaryl/α,β-unsaturated/α-hetero) is 1. The second-order valence-corrected chi connectivity index (χ2v) is 6.62. The van der Waals surface area contributed by atoms with Crippen LogP contribution in [0.3, 0.4) is 0 Å². The number of β-amino-alcohol motifs (C(OH)–C–C–N with tert-alkyl or cyclic N) is 1. The first-order valence-electron chi connectivity index (χ1n) is 9.39. The zero-order chi connectivity index (χ0) is 21.7. The van der Waals surface area contributed by atoms with Gasteiger partial charge in [0.25, 0.3) is 11.7 Å². The second-order valence-electron chi connectivity index (χ2n) is 6.62. The van der Waals surface area contributed by atoms with E-state index in [0.29, 0.717) is 29.2 Å². The predicted molar refractivity (Wildman–Crippen MR) is 111 cm³/mol. The summed E-state index contributed by atoms with van der Waals surface area (Å²) < 4.78 is 10.7. The van der Waals surface area contributed by atoms with Crippen LogP contribution in [0.1, 0.15) is 17.2 Å². The van der Waals surface area contributed by atoms with Gasteiger partial charge in [-0.2, -0.15) is 0 Å². The molecule has 2 aromatic carbocycles. The van der Waals surface area contributed by atoms with E-state index in [1.807, 2.05) is 0 Å². The first kappa shape index (κ1) is 21.1. The number of aliphatic hydroxyl groups is 2. The summed E-state index contributed by atoms with van der Waals surface area (Å²) >= 11 is 0. The fraction of sp³-hybridized carbons (Fsp3) is 0.217. The molecule has 1 heterocycles. The largest absolute Gasteiger partial charge is 0.507 e. The maximum Gasteiger partial charge on any atom is 0.295 e. The van der Waals surface area contributed by atoms with Gasteiger partial charge in [-0.1, -0.05) is 24.8 Å². The van der Waals surface area contributed by atoms with Crippen LogP contribution in [0, 0.1) is 0 Å². The lowest BCUT2D eigenvalue weighted by atomic mass is 9.95. The molecule has 2 N–H and O–H groups in total. The van der Waals surface area contributed by atoms with Gasteiger partial charge < -0.3 is 24.6 Å². The van der Waals surface area contributed by atoms with Crippen molar-refractivity contribution in [1.82, 2.24) is 4.90 Å². The maximum absolute atomic E-state index is 12.8. The number of carbonyl (C=O) groups excluding carboxylic acids is 2. The number of carbonyl (C=O) groups is 2. The fourth-order valence-corrected chi connectivity index (χ4v) is 3.40. The number of hydrogen-bond acceptors (Lipinski definition) is 6. The standard InChI is InChI=1S/C23H23NO6/c1-3-13-30-17-9-7-15(8-10-17)21(26)19-20(16-5-4-6-18(14-16)29-2)24(11-12-25)23(28)22(19)27/h3-10,14,20,25-26H,1,11-13H2,2H3/t20-/m0/s1. The van der Waals surface area contributed by atoms with Gasteiger partial charge in [-0.3, -0.25) is 9.59 Å². The van der Waals surface area contributed by atoms with Gasteiger partial charge in [-0.25, -0.2) is 0 Å². The van der Waals surface area contributed by atoms with Crippen molar-refractivity contribution in [2.75, 3.05) is 26.9 Å². The van der Waals surface area contributed by atoms with E-state index in [1.165, 1.54) is 12.0 Å². The van der Waals surface area contributed by atoms with Gasteiger partial charge in [0.05, 0.1) is 25.3 Å². The Morgan fingerprint density at radius 1 is 1.17 bits per heavy atom. The third-order valence-electron chi connectivity index (χ3n) is 4.79. The molecular formula is C23H23NO6. The van der Waals surface area contributed by atoms with Crippen LogP contribution in [0.2, 0.25) is 0 Å². The summed E-state index contributed by atoms with van der Waals surface area (Å²) in [5.74, 6) is -0.746. The summed E-state index contributed by atoms with van der Waals surface area (Å²) in [6.07, 6.45) is 1.62. The summed E-state index contributed by atoms with van der Waals surface area (Å²) in [4.78, 5) is 26.7. The number of ether oxygens (including phenoxy) is 2. The lowest BCUT2D eigenvalue weighted by Crippen LogP contribution is -2.32. The molecule has 7 nitrogen and oxygen atoms in total. The highest BCUT2D eigenvalue weighted by molar-refractivity contribution is 6.46. The summed E-state index contributed by atoms with van der Waals surface area (Å²) in [6, 6.07) is 12.6. The Balaban J connectivity index is 2.09. The van der Waals surface area contributed by atoms with Gasteiger partial charge in [0.1, 0.15) is 23.9 Å². The fourth-order valence-electron chi connectivity index (χ4n) is 3.40. The first-order chi connectivity index (χ1) is 14.5. The third kappa shape index (κ3) is 4.06. The van der Waals surface area contributed by atoms with Crippen LogP contribution in [0.5, 0.6) is 11.5 Å². The number of likely N-dealkylation sites (tertiary alicyclic amines) is 1. The minimum absolute atomic E-state index is 0.0403. The van der Waals surface area contributed by atoms with Crippen molar-refractivity contribution < 1.29 is 29.3 Å². The van der Waals surface area contributed by atoms with E-state index < -0.39 is 17.7 Å². The molecular weight excluding hydrogens is 386 g/mol. The van der Waals surface area contributed by atoms with E-state index in [0.717, 1.165) is 0 Å². The summed E-state index contributed by atoms with van der Waals surface area (Å²) in [5, 5.41) is 20.4. The zero-order valence-electron chi connectivity index (χ0n) is 16.6. The minimum atomic E-state index is -0.844. The number of nitrogens with zero attached hydrogens (tertiary/aromatic N) is 1. The van der Waals surface area contributed by atoms with Crippen LogP contribution in [0.25, 0.3) is 5.76 Å². The molecule has 3 rings (SSSR count). The molecule has 7 heteroatoms. The molecule has 1 atom stereocenters. The molecule has 0 bridgehead atoms. The number of hydrogen-bond donors (Lipinski definition) is 2. The molecule has 0 radical (unpaired) electrons. The molecule has 0 spiro atoms. The van der Waals surface area contributed by atoms with Crippen molar-refractivity contribution >= 4 is 17.4 Å². The first-order valence-corrected chi connectivity index (χ1v) is 9.39. The van der Waals surface area contributed by atoms with Crippen molar-refractivity contribution in [3.8, 4) is 11.5 Å². The van der Waals surface area contributed by atoms with Gasteiger partial charge in [-0.15, -0.1) is 0 Å². The number of ketones is 1. The third-order valence-corrected chi connectivity index (χ3v) is 4.79. The normalized spacial score (nSPS) is 17.8. The highest BCUT2D eigenvalue weighted by Gasteiger charge is 2.45.